The summed E-state index contributed by atoms with van der Waals surface area (Å²) in [6, 6.07) is 19.1. The molecule has 7 nitrogen and oxygen atoms in total. The third-order valence-corrected chi connectivity index (χ3v) is 5.81. The number of furan rings is 1. The molecule has 0 saturated heterocycles. The van der Waals surface area contributed by atoms with Crippen LogP contribution in [0.5, 0.6) is 5.75 Å². The predicted octanol–water partition coefficient (Wildman–Crippen LogP) is 5.80. The zero-order valence-corrected chi connectivity index (χ0v) is 17.7. The first-order chi connectivity index (χ1) is 15.2. The Labute approximate surface area is 182 Å². The Morgan fingerprint density at radius 1 is 0.935 bits per heavy atom. The number of rotatable bonds is 6. The average Bonchev–Trinajstić information content (AvgIpc) is 3.52. The van der Waals surface area contributed by atoms with Gasteiger partial charge in [0.15, 0.2) is 11.6 Å². The fourth-order valence-electron chi connectivity index (χ4n) is 3.12. The largest absolute Gasteiger partial charge is 0.497 e. The summed E-state index contributed by atoms with van der Waals surface area (Å²) in [6.45, 7) is 2.01. The van der Waals surface area contributed by atoms with Gasteiger partial charge in [0.25, 0.3) is 0 Å². The average molecular weight is 430 g/mol. The first kappa shape index (κ1) is 19.3. The van der Waals surface area contributed by atoms with Crippen LogP contribution in [0, 0.1) is 0 Å². The number of benzene rings is 2. The molecule has 0 saturated carbocycles. The lowest BCUT2D eigenvalue weighted by atomic mass is 10.2. The summed E-state index contributed by atoms with van der Waals surface area (Å²) in [5, 5.41) is 10.1. The first-order valence-corrected chi connectivity index (χ1v) is 10.5. The van der Waals surface area contributed by atoms with Gasteiger partial charge in [0.1, 0.15) is 10.8 Å². The summed E-state index contributed by atoms with van der Waals surface area (Å²) in [5.41, 5.74) is 1.69. The number of hydrogen-bond donors (Lipinski definition) is 0. The zero-order chi connectivity index (χ0) is 21.2. The van der Waals surface area contributed by atoms with Crippen LogP contribution in [-0.4, -0.2) is 27.3 Å². The molecule has 2 aromatic carbocycles. The van der Waals surface area contributed by atoms with E-state index in [0.717, 1.165) is 27.2 Å². The highest BCUT2D eigenvalue weighted by molar-refractivity contribution is 7.99. The van der Waals surface area contributed by atoms with Gasteiger partial charge in [-0.25, -0.2) is 9.97 Å². The minimum Gasteiger partial charge on any atom is -0.497 e. The lowest BCUT2D eigenvalue weighted by Crippen LogP contribution is -1.96. The summed E-state index contributed by atoms with van der Waals surface area (Å²) in [6.07, 6.45) is 1.61. The fraction of sp³-hybridized carbons (Fsp3) is 0.130. The van der Waals surface area contributed by atoms with Gasteiger partial charge in [-0.1, -0.05) is 30.0 Å². The van der Waals surface area contributed by atoms with E-state index >= 15 is 0 Å². The smallest absolute Gasteiger partial charge is 0.247 e. The number of ether oxygens (including phenoxy) is 1. The molecule has 154 valence electrons. The molecule has 8 heteroatoms. The molecular formula is C23H18N4O3S. The first-order valence-electron chi connectivity index (χ1n) is 9.66. The highest BCUT2D eigenvalue weighted by Crippen LogP contribution is 2.38. The number of hydrogen-bond acceptors (Lipinski definition) is 8. The second-order valence-electron chi connectivity index (χ2n) is 6.78. The summed E-state index contributed by atoms with van der Waals surface area (Å²) in [4.78, 5) is 9.38. The molecule has 3 aromatic heterocycles. The maximum absolute atomic E-state index is 5.95. The minimum absolute atomic E-state index is 0.109. The molecule has 0 radical (unpaired) electrons. The van der Waals surface area contributed by atoms with Crippen molar-refractivity contribution in [2.24, 2.45) is 0 Å². The molecule has 1 unspecified atom stereocenters. The molecule has 0 N–H and O–H groups in total. The van der Waals surface area contributed by atoms with Crippen LogP contribution in [0.1, 0.15) is 18.1 Å². The van der Waals surface area contributed by atoms with Gasteiger partial charge >= 0.3 is 0 Å². The maximum Gasteiger partial charge on any atom is 0.247 e. The van der Waals surface area contributed by atoms with Crippen molar-refractivity contribution in [2.75, 3.05) is 7.11 Å². The SMILES string of the molecule is COc1ccc(-c2nnc(C(C)Sc3nc(-c4ccco4)nc4ccccc34)o2)cc1. The van der Waals surface area contributed by atoms with E-state index in [-0.39, 0.29) is 5.25 Å². The number of fused-ring (bicyclic) bond motifs is 1. The fourth-order valence-corrected chi connectivity index (χ4v) is 4.09. The van der Waals surface area contributed by atoms with Crippen molar-refractivity contribution < 1.29 is 13.6 Å². The molecule has 0 aliphatic heterocycles. The second-order valence-corrected chi connectivity index (χ2v) is 8.11. The summed E-state index contributed by atoms with van der Waals surface area (Å²) in [7, 11) is 1.63. The molecule has 0 amide bonds. The maximum atomic E-state index is 5.95. The molecule has 0 spiro atoms. The Morgan fingerprint density at radius 3 is 2.55 bits per heavy atom. The van der Waals surface area contributed by atoms with Crippen LogP contribution >= 0.6 is 11.8 Å². The van der Waals surface area contributed by atoms with Gasteiger partial charge in [0.05, 0.1) is 24.1 Å². The van der Waals surface area contributed by atoms with Gasteiger partial charge < -0.3 is 13.6 Å². The summed E-state index contributed by atoms with van der Waals surface area (Å²) < 4.78 is 16.6. The van der Waals surface area contributed by atoms with Crippen LogP contribution in [0.3, 0.4) is 0 Å². The quantitative estimate of drug-likeness (QED) is 0.247. The molecule has 5 aromatic rings. The highest BCUT2D eigenvalue weighted by atomic mass is 32.2. The monoisotopic (exact) mass is 430 g/mol. The number of methoxy groups -OCH3 is 1. The zero-order valence-electron chi connectivity index (χ0n) is 16.9. The van der Waals surface area contributed by atoms with Crippen LogP contribution in [-0.2, 0) is 0 Å². The second kappa shape index (κ2) is 8.23. The van der Waals surface area contributed by atoms with E-state index in [2.05, 4.69) is 15.2 Å². The molecule has 3 heterocycles. The third-order valence-electron chi connectivity index (χ3n) is 4.72. The number of nitrogens with zero attached hydrogens (tertiary/aromatic N) is 4. The van der Waals surface area contributed by atoms with Crippen LogP contribution in [0.4, 0.5) is 0 Å². The van der Waals surface area contributed by atoms with Crippen LogP contribution in [0.25, 0.3) is 33.9 Å². The van der Waals surface area contributed by atoms with Gasteiger partial charge in [-0.3, -0.25) is 0 Å². The van der Waals surface area contributed by atoms with Gasteiger partial charge in [0.2, 0.25) is 11.8 Å². The van der Waals surface area contributed by atoms with E-state index < -0.39 is 0 Å². The molecule has 0 aliphatic carbocycles. The van der Waals surface area contributed by atoms with Crippen molar-refractivity contribution >= 4 is 22.7 Å². The lowest BCUT2D eigenvalue weighted by molar-refractivity contribution is 0.415. The number of thioether (sulfide) groups is 1. The predicted molar refractivity (Wildman–Crippen MR) is 118 cm³/mol. The molecule has 0 bridgehead atoms. The molecule has 1 atom stereocenters. The van der Waals surface area contributed by atoms with Gasteiger partial charge in [-0.05, 0) is 49.4 Å². The van der Waals surface area contributed by atoms with Crippen molar-refractivity contribution in [1.29, 1.82) is 0 Å². The standard InChI is InChI=1S/C23H18N4O3S/c1-14(21-26-27-22(30-21)15-9-11-16(28-2)12-10-15)31-23-17-6-3-4-7-18(17)24-20(25-23)19-8-5-13-29-19/h3-14H,1-2H3. The molecule has 0 fully saturated rings. The highest BCUT2D eigenvalue weighted by Gasteiger charge is 2.20. The van der Waals surface area contributed by atoms with Gasteiger partial charge in [-0.15, -0.1) is 10.2 Å². The molecule has 31 heavy (non-hydrogen) atoms. The Balaban J connectivity index is 1.45. The number of aromatic nitrogens is 4. The summed E-state index contributed by atoms with van der Waals surface area (Å²) >= 11 is 1.54. The molecule has 0 aliphatic rings. The van der Waals surface area contributed by atoms with E-state index in [4.69, 9.17) is 18.6 Å². The topological polar surface area (TPSA) is 87.1 Å². The Kier molecular flexibility index (Phi) is 5.13. The summed E-state index contributed by atoms with van der Waals surface area (Å²) in [5.74, 6) is 2.94. The third kappa shape index (κ3) is 3.89. The van der Waals surface area contributed by atoms with E-state index in [1.165, 1.54) is 0 Å². The van der Waals surface area contributed by atoms with E-state index in [9.17, 15) is 0 Å². The molecular weight excluding hydrogens is 412 g/mol. The van der Waals surface area contributed by atoms with Crippen LogP contribution in [0.15, 0.2) is 80.8 Å². The van der Waals surface area contributed by atoms with Crippen LogP contribution in [0.2, 0.25) is 0 Å². The Morgan fingerprint density at radius 2 is 1.77 bits per heavy atom. The van der Waals surface area contributed by atoms with Gasteiger partial charge in [0, 0.05) is 10.9 Å². The Hall–Kier alpha value is -3.65. The van der Waals surface area contributed by atoms with E-state index in [1.807, 2.05) is 67.6 Å². The lowest BCUT2D eigenvalue weighted by Gasteiger charge is -2.10. The van der Waals surface area contributed by atoms with Crippen molar-refractivity contribution in [3.63, 3.8) is 0 Å². The van der Waals surface area contributed by atoms with E-state index in [0.29, 0.717) is 23.4 Å². The Bertz CT molecular complexity index is 1320. The number of para-hydroxylation sites is 1. The minimum atomic E-state index is -0.109. The van der Waals surface area contributed by atoms with Crippen molar-refractivity contribution in [3.8, 4) is 28.8 Å². The van der Waals surface area contributed by atoms with E-state index in [1.54, 1.807) is 25.1 Å². The van der Waals surface area contributed by atoms with Crippen molar-refractivity contribution in [3.05, 3.63) is 72.8 Å². The van der Waals surface area contributed by atoms with Crippen LogP contribution < -0.4 is 4.74 Å². The molecule has 5 rings (SSSR count). The van der Waals surface area contributed by atoms with Crippen molar-refractivity contribution in [2.45, 2.75) is 17.2 Å². The van der Waals surface area contributed by atoms with Gasteiger partial charge in [-0.2, -0.15) is 0 Å². The van der Waals surface area contributed by atoms with Crippen molar-refractivity contribution in [1.82, 2.24) is 20.2 Å². The normalized spacial score (nSPS) is 12.2.